The molecule has 0 heterocycles. The maximum absolute atomic E-state index is 4.58. The van der Waals surface area contributed by atoms with Crippen LogP contribution in [0.15, 0.2) is 0 Å². The van der Waals surface area contributed by atoms with Gasteiger partial charge in [-0.3, -0.25) is 0 Å². The van der Waals surface area contributed by atoms with Crippen LogP contribution in [-0.2, 0) is 0 Å². The molecule has 2 heteroatoms. The lowest BCUT2D eigenvalue weighted by Gasteiger charge is -2.22. The van der Waals surface area contributed by atoms with Crippen molar-refractivity contribution in [2.75, 3.05) is 12.8 Å². The number of hydrogen-bond donors (Lipinski definition) is 1. The Morgan fingerprint density at radius 3 is 2.20 bits per heavy atom. The molecule has 0 rings (SSSR count). The lowest BCUT2D eigenvalue weighted by atomic mass is 10.3. The molecule has 62 valence electrons. The van der Waals surface area contributed by atoms with E-state index in [2.05, 4.69) is 40.1 Å². The second-order valence-electron chi connectivity index (χ2n) is 3.14. The van der Waals surface area contributed by atoms with Crippen LogP contribution in [0.25, 0.3) is 0 Å². The van der Waals surface area contributed by atoms with E-state index in [-0.39, 0.29) is 7.92 Å². The normalized spacial score (nSPS) is 17.4. The van der Waals surface area contributed by atoms with Crippen molar-refractivity contribution < 1.29 is 0 Å². The molecule has 0 radical (unpaired) electrons. The summed E-state index contributed by atoms with van der Waals surface area (Å²) in [6.07, 6.45) is 2.69. The molecule has 0 N–H and O–H groups in total. The largest absolute Gasteiger partial charge is 0.171 e. The molecular weight excluding hydrogens is 159 g/mol. The molecule has 0 amide bonds. The van der Waals surface area contributed by atoms with E-state index in [1.54, 1.807) is 0 Å². The smallest absolute Gasteiger partial charge is 0.0238 e. The van der Waals surface area contributed by atoms with Gasteiger partial charge in [-0.1, -0.05) is 35.1 Å². The van der Waals surface area contributed by atoms with Crippen molar-refractivity contribution in [1.29, 1.82) is 0 Å². The Balaban J connectivity index is 3.58. The first-order valence-corrected chi connectivity index (χ1v) is 6.53. The molecule has 0 nitrogen and oxygen atoms in total. The molecule has 0 aliphatic rings. The van der Waals surface area contributed by atoms with E-state index in [1.807, 2.05) is 0 Å². The topological polar surface area (TPSA) is 0 Å². The monoisotopic (exact) mass is 178 g/mol. The zero-order valence-corrected chi connectivity index (χ0v) is 9.25. The van der Waals surface area contributed by atoms with Gasteiger partial charge in [0.2, 0.25) is 0 Å². The Kier molecular flexibility index (Phi) is 5.86. The molecule has 1 unspecified atom stereocenters. The predicted molar refractivity (Wildman–Crippen MR) is 55.6 cm³/mol. The SMILES string of the molecule is CCCP(C)[C@H](S)C(C)C. The summed E-state index contributed by atoms with van der Waals surface area (Å²) < 4.78 is 0. The Morgan fingerprint density at radius 1 is 1.40 bits per heavy atom. The van der Waals surface area contributed by atoms with Crippen molar-refractivity contribution in [3.63, 3.8) is 0 Å². The molecule has 0 fully saturated rings. The second-order valence-corrected chi connectivity index (χ2v) is 6.62. The van der Waals surface area contributed by atoms with E-state index >= 15 is 0 Å². The summed E-state index contributed by atoms with van der Waals surface area (Å²) >= 11 is 4.58. The Labute approximate surface area is 71.9 Å². The van der Waals surface area contributed by atoms with Gasteiger partial charge < -0.3 is 0 Å². The van der Waals surface area contributed by atoms with Gasteiger partial charge in [-0.25, -0.2) is 0 Å². The highest BCUT2D eigenvalue weighted by Crippen LogP contribution is 2.43. The molecular formula is C8H19PS. The highest BCUT2D eigenvalue weighted by atomic mass is 32.1. The minimum atomic E-state index is 0.183. The Bertz CT molecular complexity index is 83.3. The molecule has 0 aromatic carbocycles. The van der Waals surface area contributed by atoms with E-state index in [4.69, 9.17) is 0 Å². The van der Waals surface area contributed by atoms with Crippen molar-refractivity contribution in [1.82, 2.24) is 0 Å². The van der Waals surface area contributed by atoms with Crippen molar-refractivity contribution in [2.24, 2.45) is 5.92 Å². The summed E-state index contributed by atoms with van der Waals surface area (Å²) in [6, 6.07) is 0. The fraction of sp³-hybridized carbons (Fsp3) is 1.00. The van der Waals surface area contributed by atoms with Crippen molar-refractivity contribution >= 4 is 20.6 Å². The highest BCUT2D eigenvalue weighted by molar-refractivity contribution is 7.90. The Hall–Kier alpha value is 0.780. The van der Waals surface area contributed by atoms with Gasteiger partial charge in [0.15, 0.2) is 0 Å². The van der Waals surface area contributed by atoms with Gasteiger partial charge in [0.1, 0.15) is 0 Å². The molecule has 0 spiro atoms. The lowest BCUT2D eigenvalue weighted by Crippen LogP contribution is -2.06. The van der Waals surface area contributed by atoms with Gasteiger partial charge in [0.05, 0.1) is 0 Å². The van der Waals surface area contributed by atoms with E-state index in [0.717, 1.165) is 5.92 Å². The molecule has 0 bridgehead atoms. The fourth-order valence-electron chi connectivity index (χ4n) is 0.994. The van der Waals surface area contributed by atoms with E-state index in [9.17, 15) is 0 Å². The van der Waals surface area contributed by atoms with Gasteiger partial charge in [-0.15, -0.1) is 0 Å². The molecule has 10 heavy (non-hydrogen) atoms. The summed E-state index contributed by atoms with van der Waals surface area (Å²) in [5.41, 5.74) is 0. The molecule has 0 aromatic rings. The number of hydrogen-bond acceptors (Lipinski definition) is 1. The third-order valence-electron chi connectivity index (χ3n) is 1.62. The van der Waals surface area contributed by atoms with E-state index < -0.39 is 0 Å². The van der Waals surface area contributed by atoms with Gasteiger partial charge in [0, 0.05) is 4.99 Å². The average molecular weight is 178 g/mol. The zero-order valence-electron chi connectivity index (χ0n) is 7.46. The molecule has 0 saturated heterocycles. The van der Waals surface area contributed by atoms with Crippen LogP contribution in [0.1, 0.15) is 27.2 Å². The number of thiol groups is 1. The quantitative estimate of drug-likeness (QED) is 0.495. The van der Waals surface area contributed by atoms with Gasteiger partial charge in [-0.05, 0) is 18.7 Å². The van der Waals surface area contributed by atoms with Gasteiger partial charge >= 0.3 is 0 Å². The molecule has 2 atom stereocenters. The van der Waals surface area contributed by atoms with Crippen LogP contribution in [0, 0.1) is 5.92 Å². The maximum atomic E-state index is 4.58. The van der Waals surface area contributed by atoms with E-state index in [0.29, 0.717) is 4.99 Å². The molecule has 0 aliphatic carbocycles. The summed E-state index contributed by atoms with van der Waals surface area (Å²) in [7, 11) is 0.183. The first-order chi connectivity index (χ1) is 4.59. The minimum Gasteiger partial charge on any atom is -0.171 e. The molecule has 0 saturated carbocycles. The summed E-state index contributed by atoms with van der Waals surface area (Å²) in [5.74, 6) is 0.742. The average Bonchev–Trinajstić information content (AvgIpc) is 1.87. The van der Waals surface area contributed by atoms with Crippen LogP contribution < -0.4 is 0 Å². The number of rotatable bonds is 4. The third kappa shape index (κ3) is 3.83. The first kappa shape index (κ1) is 10.8. The van der Waals surface area contributed by atoms with Crippen molar-refractivity contribution in [3.05, 3.63) is 0 Å². The minimum absolute atomic E-state index is 0.183. The standard InChI is InChI=1S/C8H19PS/c1-5-6-9(4)8(10)7(2)3/h7-8,10H,5-6H2,1-4H3/t8-,9?/m1/s1. The van der Waals surface area contributed by atoms with Crippen LogP contribution in [0.4, 0.5) is 0 Å². The fourth-order valence-corrected chi connectivity index (χ4v) is 3.33. The van der Waals surface area contributed by atoms with Crippen LogP contribution in [-0.4, -0.2) is 17.8 Å². The zero-order chi connectivity index (χ0) is 8.15. The van der Waals surface area contributed by atoms with Crippen LogP contribution in [0.2, 0.25) is 0 Å². The summed E-state index contributed by atoms with van der Waals surface area (Å²) in [4.78, 5) is 0.648. The highest BCUT2D eigenvalue weighted by Gasteiger charge is 2.14. The van der Waals surface area contributed by atoms with Gasteiger partial charge in [0.25, 0.3) is 0 Å². The van der Waals surface area contributed by atoms with E-state index in [1.165, 1.54) is 12.6 Å². The Morgan fingerprint density at radius 2 is 1.90 bits per heavy atom. The van der Waals surface area contributed by atoms with Crippen molar-refractivity contribution in [3.8, 4) is 0 Å². The summed E-state index contributed by atoms with van der Waals surface area (Å²) in [5, 5.41) is 0. The molecule has 0 aliphatic heterocycles. The van der Waals surface area contributed by atoms with Gasteiger partial charge in [-0.2, -0.15) is 12.6 Å². The summed E-state index contributed by atoms with van der Waals surface area (Å²) in [6.45, 7) is 9.12. The molecule has 0 aromatic heterocycles. The first-order valence-electron chi connectivity index (χ1n) is 3.97. The van der Waals surface area contributed by atoms with Crippen molar-refractivity contribution in [2.45, 2.75) is 32.2 Å². The van der Waals surface area contributed by atoms with Crippen LogP contribution >= 0.6 is 20.6 Å². The lowest BCUT2D eigenvalue weighted by molar-refractivity contribution is 0.716. The van der Waals surface area contributed by atoms with Crippen LogP contribution in [0.3, 0.4) is 0 Å². The second kappa shape index (κ2) is 5.43. The third-order valence-corrected chi connectivity index (χ3v) is 6.06. The maximum Gasteiger partial charge on any atom is 0.0238 e. The van der Waals surface area contributed by atoms with Crippen LogP contribution in [0.5, 0.6) is 0 Å². The predicted octanol–water partition coefficient (Wildman–Crippen LogP) is 3.42.